The SMILES string of the molecule is COC(=O)/C=C/N1CCC/C1=C\C(C(=O)OC)=C1/C(=O)Nc2ccc(F)cc21. The van der Waals surface area contributed by atoms with Crippen LogP contribution in [0.1, 0.15) is 18.4 Å². The molecule has 0 unspecified atom stereocenters. The Morgan fingerprint density at radius 2 is 2.04 bits per heavy atom. The number of nitrogens with zero attached hydrogens (tertiary/aromatic N) is 1. The third kappa shape index (κ3) is 3.80. The zero-order chi connectivity index (χ0) is 20.3. The van der Waals surface area contributed by atoms with Crippen molar-refractivity contribution in [3.05, 3.63) is 59.2 Å². The Balaban J connectivity index is 2.08. The van der Waals surface area contributed by atoms with Crippen LogP contribution in [-0.4, -0.2) is 43.5 Å². The Morgan fingerprint density at radius 3 is 2.75 bits per heavy atom. The summed E-state index contributed by atoms with van der Waals surface area (Å²) in [5.41, 5.74) is 1.54. The fraction of sp³-hybridized carbons (Fsp3) is 0.250. The number of anilines is 1. The minimum absolute atomic E-state index is 0.0257. The van der Waals surface area contributed by atoms with E-state index in [0.29, 0.717) is 24.2 Å². The molecule has 3 rings (SSSR count). The highest BCUT2D eigenvalue weighted by atomic mass is 19.1. The van der Waals surface area contributed by atoms with Gasteiger partial charge in [0.25, 0.3) is 5.91 Å². The van der Waals surface area contributed by atoms with Crippen molar-refractivity contribution in [1.29, 1.82) is 0 Å². The van der Waals surface area contributed by atoms with Gasteiger partial charge in [-0.05, 0) is 37.1 Å². The summed E-state index contributed by atoms with van der Waals surface area (Å²) in [5, 5.41) is 2.63. The van der Waals surface area contributed by atoms with Crippen LogP contribution in [0.15, 0.2) is 47.8 Å². The maximum absolute atomic E-state index is 13.7. The first kappa shape index (κ1) is 19.3. The lowest BCUT2D eigenvalue weighted by molar-refractivity contribution is -0.136. The van der Waals surface area contributed by atoms with Gasteiger partial charge in [0.1, 0.15) is 5.82 Å². The third-order valence-corrected chi connectivity index (χ3v) is 4.50. The smallest absolute Gasteiger partial charge is 0.338 e. The molecule has 1 saturated heterocycles. The fourth-order valence-electron chi connectivity index (χ4n) is 3.18. The molecular formula is C20H19FN2O5. The number of likely N-dealkylation sites (tertiary alicyclic amines) is 1. The fourth-order valence-corrected chi connectivity index (χ4v) is 3.18. The number of halogens is 1. The van der Waals surface area contributed by atoms with Crippen LogP contribution in [0.2, 0.25) is 0 Å². The van der Waals surface area contributed by atoms with Gasteiger partial charge < -0.3 is 19.7 Å². The molecule has 0 atom stereocenters. The van der Waals surface area contributed by atoms with Crippen molar-refractivity contribution in [2.45, 2.75) is 12.8 Å². The van der Waals surface area contributed by atoms with Crippen molar-refractivity contribution in [3.63, 3.8) is 0 Å². The van der Waals surface area contributed by atoms with E-state index in [4.69, 9.17) is 4.74 Å². The van der Waals surface area contributed by atoms with E-state index in [9.17, 15) is 18.8 Å². The van der Waals surface area contributed by atoms with Crippen LogP contribution >= 0.6 is 0 Å². The predicted octanol–water partition coefficient (Wildman–Crippen LogP) is 2.37. The van der Waals surface area contributed by atoms with E-state index < -0.39 is 23.7 Å². The number of fused-ring (bicyclic) bond motifs is 1. The second-order valence-corrected chi connectivity index (χ2v) is 6.20. The molecule has 0 radical (unpaired) electrons. The summed E-state index contributed by atoms with van der Waals surface area (Å²) >= 11 is 0. The molecule has 8 heteroatoms. The van der Waals surface area contributed by atoms with Gasteiger partial charge in [0.2, 0.25) is 0 Å². The molecule has 146 valence electrons. The molecule has 0 saturated carbocycles. The van der Waals surface area contributed by atoms with Crippen LogP contribution in [0, 0.1) is 5.82 Å². The minimum Gasteiger partial charge on any atom is -0.466 e. The van der Waals surface area contributed by atoms with Crippen LogP contribution in [0.5, 0.6) is 0 Å². The van der Waals surface area contributed by atoms with Crippen LogP contribution in [0.3, 0.4) is 0 Å². The number of hydrogen-bond donors (Lipinski definition) is 1. The first-order valence-electron chi connectivity index (χ1n) is 8.62. The summed E-state index contributed by atoms with van der Waals surface area (Å²) in [6.45, 7) is 0.639. The number of rotatable bonds is 4. The summed E-state index contributed by atoms with van der Waals surface area (Å²) in [6, 6.07) is 3.88. The molecule has 0 spiro atoms. The molecule has 2 heterocycles. The lowest BCUT2D eigenvalue weighted by Gasteiger charge is -2.15. The molecule has 0 bridgehead atoms. The number of amides is 1. The van der Waals surface area contributed by atoms with Gasteiger partial charge in [-0.3, -0.25) is 4.79 Å². The number of esters is 2. The average molecular weight is 386 g/mol. The highest BCUT2D eigenvalue weighted by Gasteiger charge is 2.31. The van der Waals surface area contributed by atoms with E-state index in [1.54, 1.807) is 17.2 Å². The van der Waals surface area contributed by atoms with Crippen LogP contribution in [0.4, 0.5) is 10.1 Å². The molecule has 2 aliphatic rings. The quantitative estimate of drug-likeness (QED) is 0.632. The number of benzene rings is 1. The van der Waals surface area contributed by atoms with E-state index in [1.807, 2.05) is 0 Å². The molecule has 1 fully saturated rings. The van der Waals surface area contributed by atoms with E-state index in [1.165, 1.54) is 38.5 Å². The summed E-state index contributed by atoms with van der Waals surface area (Å²) in [5.74, 6) is -2.24. The van der Waals surface area contributed by atoms with Gasteiger partial charge in [0, 0.05) is 35.8 Å². The number of carbonyl (C=O) groups excluding carboxylic acids is 3. The molecule has 1 aromatic rings. The molecule has 1 amide bonds. The lowest BCUT2D eigenvalue weighted by Crippen LogP contribution is -2.15. The molecule has 28 heavy (non-hydrogen) atoms. The van der Waals surface area contributed by atoms with E-state index >= 15 is 0 Å². The van der Waals surface area contributed by atoms with E-state index in [2.05, 4.69) is 10.1 Å². The molecule has 0 aliphatic carbocycles. The van der Waals surface area contributed by atoms with Crippen LogP contribution < -0.4 is 5.32 Å². The van der Waals surface area contributed by atoms with Crippen LogP contribution in [-0.2, 0) is 23.9 Å². The normalized spacial score (nSPS) is 19.0. The molecular weight excluding hydrogens is 367 g/mol. The van der Waals surface area contributed by atoms with Gasteiger partial charge >= 0.3 is 11.9 Å². The Bertz CT molecular complexity index is 933. The molecule has 1 N–H and O–H groups in total. The van der Waals surface area contributed by atoms with E-state index in [0.717, 1.165) is 12.1 Å². The molecule has 1 aromatic carbocycles. The number of carbonyl (C=O) groups is 3. The number of nitrogens with one attached hydrogen (secondary N) is 1. The zero-order valence-corrected chi connectivity index (χ0v) is 15.5. The average Bonchev–Trinajstić information content (AvgIpc) is 3.26. The van der Waals surface area contributed by atoms with Crippen LogP contribution in [0.25, 0.3) is 5.57 Å². The number of ether oxygens (including phenoxy) is 2. The summed E-state index contributed by atoms with van der Waals surface area (Å²) in [4.78, 5) is 38.1. The minimum atomic E-state index is -0.710. The summed E-state index contributed by atoms with van der Waals surface area (Å²) in [7, 11) is 2.49. The molecule has 2 aliphatic heterocycles. The number of methoxy groups -OCH3 is 2. The maximum atomic E-state index is 13.7. The number of allylic oxidation sites excluding steroid dienone is 1. The first-order chi connectivity index (χ1) is 13.4. The van der Waals surface area contributed by atoms with Crippen molar-refractivity contribution >= 4 is 29.1 Å². The first-order valence-corrected chi connectivity index (χ1v) is 8.62. The summed E-state index contributed by atoms with van der Waals surface area (Å²) in [6.07, 6.45) is 5.83. The van der Waals surface area contributed by atoms with Gasteiger partial charge in [0.05, 0.1) is 25.4 Å². The maximum Gasteiger partial charge on any atom is 0.338 e. The Hall–Kier alpha value is -3.42. The van der Waals surface area contributed by atoms with Crippen molar-refractivity contribution in [3.8, 4) is 0 Å². The standard InChI is InChI=1S/C20H19FN2O5/c1-27-17(24)7-9-23-8-3-4-13(23)11-15(20(26)28-2)18-14-10-12(21)5-6-16(14)22-19(18)25/h5-7,9-11H,3-4,8H2,1-2H3,(H,22,25)/b9-7+,13-11+,18-15+. The highest BCUT2D eigenvalue weighted by Crippen LogP contribution is 2.36. The molecule has 0 aromatic heterocycles. The highest BCUT2D eigenvalue weighted by molar-refractivity contribution is 6.35. The lowest BCUT2D eigenvalue weighted by atomic mass is 9.99. The van der Waals surface area contributed by atoms with Gasteiger partial charge in [-0.15, -0.1) is 0 Å². The van der Waals surface area contributed by atoms with Gasteiger partial charge in [0.15, 0.2) is 0 Å². The van der Waals surface area contributed by atoms with Gasteiger partial charge in [-0.25, -0.2) is 14.0 Å². The van der Waals surface area contributed by atoms with Gasteiger partial charge in [-0.1, -0.05) is 0 Å². The van der Waals surface area contributed by atoms with Crippen molar-refractivity contribution in [1.82, 2.24) is 4.90 Å². The predicted molar refractivity (Wildman–Crippen MR) is 99.1 cm³/mol. The Morgan fingerprint density at radius 1 is 1.25 bits per heavy atom. The van der Waals surface area contributed by atoms with Crippen molar-refractivity contribution in [2.24, 2.45) is 0 Å². The second kappa shape index (κ2) is 8.08. The van der Waals surface area contributed by atoms with Crippen molar-refractivity contribution in [2.75, 3.05) is 26.1 Å². The topological polar surface area (TPSA) is 84.9 Å². The van der Waals surface area contributed by atoms with Gasteiger partial charge in [-0.2, -0.15) is 0 Å². The number of hydrogen-bond acceptors (Lipinski definition) is 6. The summed E-state index contributed by atoms with van der Waals surface area (Å²) < 4.78 is 23.2. The van der Waals surface area contributed by atoms with Crippen molar-refractivity contribution < 1.29 is 28.2 Å². The van der Waals surface area contributed by atoms with E-state index in [-0.39, 0.29) is 11.1 Å². The zero-order valence-electron chi connectivity index (χ0n) is 15.5. The second-order valence-electron chi connectivity index (χ2n) is 6.20. The third-order valence-electron chi connectivity index (χ3n) is 4.50. The monoisotopic (exact) mass is 386 g/mol. The molecule has 7 nitrogen and oxygen atoms in total. The Labute approximate surface area is 161 Å². The Kier molecular flexibility index (Phi) is 5.58. The largest absolute Gasteiger partial charge is 0.466 e.